The smallest absolute Gasteiger partial charge is 0.243 e. The average molecular weight is 191 g/mol. The van der Waals surface area contributed by atoms with E-state index in [1.807, 2.05) is 24.3 Å². The van der Waals surface area contributed by atoms with Gasteiger partial charge in [0.25, 0.3) is 0 Å². The second kappa shape index (κ2) is 5.07. The Balaban J connectivity index is 2.68. The molecule has 0 fully saturated rings. The minimum absolute atomic E-state index is 0.110. The van der Waals surface area contributed by atoms with Gasteiger partial charge in [-0.15, -0.1) is 0 Å². The Kier molecular flexibility index (Phi) is 3.73. The van der Waals surface area contributed by atoms with Crippen molar-refractivity contribution in [3.63, 3.8) is 0 Å². The lowest BCUT2D eigenvalue weighted by atomic mass is 10.2. The number of carbonyl (C=O) groups excluding carboxylic acids is 1. The second-order valence-corrected chi connectivity index (χ2v) is 2.72. The summed E-state index contributed by atoms with van der Waals surface area (Å²) in [6, 6.07) is 7.48. The van der Waals surface area contributed by atoms with Crippen molar-refractivity contribution in [2.45, 2.75) is 0 Å². The van der Waals surface area contributed by atoms with Crippen LogP contribution in [0.3, 0.4) is 0 Å². The molecular formula is C11H13NO2. The number of nitrogens with one attached hydrogen (secondary N) is 1. The lowest BCUT2D eigenvalue weighted by Gasteiger charge is -1.98. The normalized spacial score (nSPS) is 10.1. The lowest BCUT2D eigenvalue weighted by Crippen LogP contribution is -2.13. The number of amides is 1. The van der Waals surface area contributed by atoms with E-state index in [4.69, 9.17) is 4.74 Å². The summed E-state index contributed by atoms with van der Waals surface area (Å²) in [5.41, 5.74) is 0.967. The van der Waals surface area contributed by atoms with Crippen LogP contribution in [0, 0.1) is 0 Å². The second-order valence-electron chi connectivity index (χ2n) is 2.72. The Bertz CT molecular complexity index is 328. The van der Waals surface area contributed by atoms with Gasteiger partial charge in [-0.25, -0.2) is 0 Å². The maximum atomic E-state index is 10.9. The van der Waals surface area contributed by atoms with Crippen LogP contribution in [0.5, 0.6) is 5.75 Å². The molecule has 74 valence electrons. The predicted molar refractivity (Wildman–Crippen MR) is 56.1 cm³/mol. The quantitative estimate of drug-likeness (QED) is 0.734. The minimum Gasteiger partial charge on any atom is -0.497 e. The first-order chi connectivity index (χ1) is 6.76. The molecule has 0 bridgehead atoms. The average Bonchev–Trinajstić information content (AvgIpc) is 2.26. The summed E-state index contributed by atoms with van der Waals surface area (Å²) in [6.07, 6.45) is 3.24. The number of hydrogen-bond donors (Lipinski definition) is 1. The number of carbonyl (C=O) groups is 1. The third kappa shape index (κ3) is 2.94. The van der Waals surface area contributed by atoms with E-state index in [9.17, 15) is 4.79 Å². The first-order valence-corrected chi connectivity index (χ1v) is 4.30. The summed E-state index contributed by atoms with van der Waals surface area (Å²) >= 11 is 0. The molecule has 14 heavy (non-hydrogen) atoms. The largest absolute Gasteiger partial charge is 0.497 e. The number of ether oxygens (including phenoxy) is 1. The lowest BCUT2D eigenvalue weighted by molar-refractivity contribution is -0.115. The van der Waals surface area contributed by atoms with E-state index in [0.29, 0.717) is 0 Å². The van der Waals surface area contributed by atoms with E-state index >= 15 is 0 Å². The predicted octanol–water partition coefficient (Wildman–Crippen LogP) is 1.45. The topological polar surface area (TPSA) is 38.3 Å². The van der Waals surface area contributed by atoms with Crippen molar-refractivity contribution in [2.75, 3.05) is 14.2 Å². The van der Waals surface area contributed by atoms with Gasteiger partial charge < -0.3 is 10.1 Å². The Morgan fingerprint density at radius 3 is 2.50 bits per heavy atom. The number of methoxy groups -OCH3 is 1. The van der Waals surface area contributed by atoms with E-state index in [2.05, 4.69) is 5.32 Å². The van der Waals surface area contributed by atoms with Crippen LogP contribution in [0.25, 0.3) is 6.08 Å². The molecule has 0 heterocycles. The van der Waals surface area contributed by atoms with Gasteiger partial charge in [0.15, 0.2) is 0 Å². The third-order valence-corrected chi connectivity index (χ3v) is 1.79. The van der Waals surface area contributed by atoms with E-state index < -0.39 is 0 Å². The highest BCUT2D eigenvalue weighted by Crippen LogP contribution is 2.11. The Labute approximate surface area is 83.4 Å². The highest BCUT2D eigenvalue weighted by Gasteiger charge is 1.91. The van der Waals surface area contributed by atoms with E-state index in [-0.39, 0.29) is 5.91 Å². The molecule has 3 heteroatoms. The molecule has 0 aliphatic rings. The van der Waals surface area contributed by atoms with Crippen molar-refractivity contribution >= 4 is 12.0 Å². The summed E-state index contributed by atoms with van der Waals surface area (Å²) < 4.78 is 5.01. The zero-order chi connectivity index (χ0) is 10.4. The molecule has 1 amide bonds. The van der Waals surface area contributed by atoms with E-state index in [1.165, 1.54) is 6.08 Å². The molecule has 0 radical (unpaired) electrons. The first kappa shape index (κ1) is 10.3. The molecule has 0 saturated heterocycles. The molecule has 1 aromatic carbocycles. The van der Waals surface area contributed by atoms with Crippen LogP contribution in [-0.4, -0.2) is 20.1 Å². The number of rotatable bonds is 3. The van der Waals surface area contributed by atoms with Gasteiger partial charge in [0.2, 0.25) is 5.91 Å². The maximum absolute atomic E-state index is 10.9. The monoisotopic (exact) mass is 191 g/mol. The molecule has 0 saturated carbocycles. The molecule has 1 rings (SSSR count). The Morgan fingerprint density at radius 1 is 1.36 bits per heavy atom. The fourth-order valence-electron chi connectivity index (χ4n) is 0.970. The van der Waals surface area contributed by atoms with Gasteiger partial charge in [-0.2, -0.15) is 0 Å². The molecule has 0 atom stereocenters. The van der Waals surface area contributed by atoms with Crippen molar-refractivity contribution in [3.8, 4) is 5.75 Å². The van der Waals surface area contributed by atoms with Crippen molar-refractivity contribution in [1.82, 2.24) is 5.32 Å². The maximum Gasteiger partial charge on any atom is 0.243 e. The summed E-state index contributed by atoms with van der Waals surface area (Å²) in [5.74, 6) is 0.697. The third-order valence-electron chi connectivity index (χ3n) is 1.79. The van der Waals surface area contributed by atoms with Crippen LogP contribution in [0.15, 0.2) is 30.3 Å². The molecule has 1 N–H and O–H groups in total. The fourth-order valence-corrected chi connectivity index (χ4v) is 0.970. The first-order valence-electron chi connectivity index (χ1n) is 4.30. The van der Waals surface area contributed by atoms with Gasteiger partial charge in [-0.3, -0.25) is 4.79 Å². The van der Waals surface area contributed by atoms with Gasteiger partial charge in [-0.1, -0.05) is 12.1 Å². The molecule has 0 aromatic heterocycles. The molecule has 0 aliphatic heterocycles. The van der Waals surface area contributed by atoms with Gasteiger partial charge in [0.05, 0.1) is 7.11 Å². The molecule has 3 nitrogen and oxygen atoms in total. The summed E-state index contributed by atoms with van der Waals surface area (Å²) in [6.45, 7) is 0. The van der Waals surface area contributed by atoms with Crippen molar-refractivity contribution in [3.05, 3.63) is 35.9 Å². The standard InChI is InChI=1S/C11H13NO2/c1-12-11(13)8-5-9-3-6-10(14-2)7-4-9/h3-8H,1-2H3,(H,12,13). The van der Waals surface area contributed by atoms with Crippen LogP contribution < -0.4 is 10.1 Å². The summed E-state index contributed by atoms with van der Waals surface area (Å²) in [5, 5.41) is 2.51. The van der Waals surface area contributed by atoms with Gasteiger partial charge in [-0.05, 0) is 23.8 Å². The molecule has 0 aliphatic carbocycles. The molecule has 0 unspecified atom stereocenters. The Hall–Kier alpha value is -1.77. The number of likely N-dealkylation sites (N-methyl/N-ethyl adjacent to an activating group) is 1. The van der Waals surface area contributed by atoms with Crippen molar-refractivity contribution in [1.29, 1.82) is 0 Å². The summed E-state index contributed by atoms with van der Waals surface area (Å²) in [7, 11) is 3.22. The van der Waals surface area contributed by atoms with Crippen LogP contribution in [0.4, 0.5) is 0 Å². The summed E-state index contributed by atoms with van der Waals surface area (Å²) in [4.78, 5) is 10.9. The highest BCUT2D eigenvalue weighted by atomic mass is 16.5. The van der Waals surface area contributed by atoms with Crippen LogP contribution >= 0.6 is 0 Å². The fraction of sp³-hybridized carbons (Fsp3) is 0.182. The zero-order valence-corrected chi connectivity index (χ0v) is 8.28. The minimum atomic E-state index is -0.110. The van der Waals surface area contributed by atoms with Gasteiger partial charge in [0.1, 0.15) is 5.75 Å². The van der Waals surface area contributed by atoms with E-state index in [0.717, 1.165) is 11.3 Å². The van der Waals surface area contributed by atoms with E-state index in [1.54, 1.807) is 20.2 Å². The van der Waals surface area contributed by atoms with Gasteiger partial charge in [0, 0.05) is 13.1 Å². The highest BCUT2D eigenvalue weighted by molar-refractivity contribution is 5.91. The van der Waals surface area contributed by atoms with Crippen LogP contribution in [0.2, 0.25) is 0 Å². The van der Waals surface area contributed by atoms with Crippen LogP contribution in [-0.2, 0) is 4.79 Å². The van der Waals surface area contributed by atoms with Crippen molar-refractivity contribution < 1.29 is 9.53 Å². The molecule has 0 spiro atoms. The number of hydrogen-bond acceptors (Lipinski definition) is 2. The zero-order valence-electron chi connectivity index (χ0n) is 8.28. The van der Waals surface area contributed by atoms with Crippen LogP contribution in [0.1, 0.15) is 5.56 Å². The van der Waals surface area contributed by atoms with Crippen molar-refractivity contribution in [2.24, 2.45) is 0 Å². The SMILES string of the molecule is CNC(=O)C=Cc1ccc(OC)cc1. The molecule has 1 aromatic rings. The number of benzene rings is 1. The molecular weight excluding hydrogens is 178 g/mol. The van der Waals surface area contributed by atoms with Gasteiger partial charge >= 0.3 is 0 Å². The Morgan fingerprint density at radius 2 is 2.00 bits per heavy atom.